The molecular weight excluding hydrogens is 334 g/mol. The molecule has 0 aliphatic rings. The Bertz CT molecular complexity index is 812. The van der Waals surface area contributed by atoms with Crippen LogP contribution in [-0.4, -0.2) is 38.1 Å². The molecule has 0 aliphatic carbocycles. The molecule has 0 saturated carbocycles. The summed E-state index contributed by atoms with van der Waals surface area (Å²) in [4.78, 5) is 18.6. The van der Waals surface area contributed by atoms with E-state index in [-0.39, 0.29) is 5.91 Å². The summed E-state index contributed by atoms with van der Waals surface area (Å²) in [6.45, 7) is 0.904. The van der Waals surface area contributed by atoms with E-state index in [1.165, 1.54) is 5.56 Å². The lowest BCUT2D eigenvalue weighted by molar-refractivity contribution is -0.119. The number of ether oxygens (including phenoxy) is 1. The summed E-state index contributed by atoms with van der Waals surface area (Å²) in [6.07, 6.45) is 0.792. The summed E-state index contributed by atoms with van der Waals surface area (Å²) < 4.78 is 6.27. The number of amides is 1. The number of anilines is 1. The second-order valence-corrected chi connectivity index (χ2v) is 6.78. The lowest BCUT2D eigenvalue weighted by Gasteiger charge is -2.15. The predicted octanol–water partition coefficient (Wildman–Crippen LogP) is 3.10. The number of benzene rings is 2. The van der Waals surface area contributed by atoms with Crippen molar-refractivity contribution in [3.8, 4) is 5.75 Å². The topological polar surface area (TPSA) is 54.5 Å². The molecule has 2 aromatic carbocycles. The smallest absolute Gasteiger partial charge is 0.239 e. The Balaban J connectivity index is 1.48. The van der Waals surface area contributed by atoms with E-state index in [1.807, 2.05) is 60.5 Å². The summed E-state index contributed by atoms with van der Waals surface area (Å²) in [5.41, 5.74) is 2.13. The number of carbonyl (C=O) groups excluding carboxylic acids is 1. The number of methoxy groups -OCH3 is 1. The van der Waals surface area contributed by atoms with Crippen LogP contribution in [0.5, 0.6) is 5.75 Å². The van der Waals surface area contributed by atoms with Gasteiger partial charge in [0.25, 0.3) is 0 Å². The van der Waals surface area contributed by atoms with Crippen molar-refractivity contribution in [3.05, 3.63) is 54.1 Å². The van der Waals surface area contributed by atoms with Crippen LogP contribution in [0.15, 0.2) is 48.5 Å². The van der Waals surface area contributed by atoms with E-state index in [2.05, 4.69) is 10.3 Å². The van der Waals surface area contributed by atoms with Gasteiger partial charge in [0.15, 0.2) is 5.13 Å². The predicted molar refractivity (Wildman–Crippen MR) is 103 cm³/mol. The molecule has 130 valence electrons. The van der Waals surface area contributed by atoms with Crippen LogP contribution in [0.1, 0.15) is 5.56 Å². The number of fused-ring (bicyclic) bond motifs is 1. The minimum absolute atomic E-state index is 0.00438. The molecule has 0 saturated heterocycles. The van der Waals surface area contributed by atoms with Gasteiger partial charge in [-0.3, -0.25) is 4.79 Å². The zero-order chi connectivity index (χ0) is 17.6. The van der Waals surface area contributed by atoms with Gasteiger partial charge in [0, 0.05) is 13.6 Å². The number of para-hydroxylation sites is 1. The molecule has 0 radical (unpaired) electrons. The van der Waals surface area contributed by atoms with Crippen LogP contribution in [0, 0.1) is 0 Å². The third kappa shape index (κ3) is 4.48. The van der Waals surface area contributed by atoms with Crippen LogP contribution in [0.25, 0.3) is 10.2 Å². The van der Waals surface area contributed by atoms with Gasteiger partial charge in [-0.1, -0.05) is 35.6 Å². The van der Waals surface area contributed by atoms with Gasteiger partial charge in [-0.2, -0.15) is 0 Å². The van der Waals surface area contributed by atoms with Crippen molar-refractivity contribution in [2.45, 2.75) is 6.42 Å². The van der Waals surface area contributed by atoms with Crippen LogP contribution < -0.4 is 15.0 Å². The van der Waals surface area contributed by atoms with Crippen molar-refractivity contribution in [1.82, 2.24) is 10.3 Å². The van der Waals surface area contributed by atoms with E-state index in [0.717, 1.165) is 27.5 Å². The second-order valence-electron chi connectivity index (χ2n) is 5.77. The Morgan fingerprint density at radius 3 is 2.68 bits per heavy atom. The molecule has 3 aromatic rings. The molecule has 6 heteroatoms. The molecular formula is C19H21N3O2S. The molecule has 0 atom stereocenters. The summed E-state index contributed by atoms with van der Waals surface area (Å²) >= 11 is 1.59. The Morgan fingerprint density at radius 1 is 1.20 bits per heavy atom. The lowest BCUT2D eigenvalue weighted by atomic mass is 10.1. The maximum atomic E-state index is 12.1. The molecule has 0 aliphatic heterocycles. The van der Waals surface area contributed by atoms with Crippen LogP contribution in [-0.2, 0) is 11.2 Å². The zero-order valence-corrected chi connectivity index (χ0v) is 15.2. The summed E-state index contributed by atoms with van der Waals surface area (Å²) in [7, 11) is 3.54. The monoisotopic (exact) mass is 355 g/mol. The van der Waals surface area contributed by atoms with E-state index in [1.54, 1.807) is 18.4 Å². The summed E-state index contributed by atoms with van der Waals surface area (Å²) in [5, 5.41) is 3.81. The van der Waals surface area contributed by atoms with Crippen molar-refractivity contribution < 1.29 is 9.53 Å². The number of thiazole rings is 1. The van der Waals surface area contributed by atoms with Gasteiger partial charge >= 0.3 is 0 Å². The SMILES string of the molecule is COc1ccc(CCNC(=O)CN(C)c2nc3ccccc3s2)cc1. The largest absolute Gasteiger partial charge is 0.497 e. The minimum Gasteiger partial charge on any atom is -0.497 e. The fourth-order valence-electron chi connectivity index (χ4n) is 2.50. The molecule has 1 amide bonds. The molecule has 1 aromatic heterocycles. The summed E-state index contributed by atoms with van der Waals surface area (Å²) in [5.74, 6) is 0.834. The fourth-order valence-corrected chi connectivity index (χ4v) is 3.43. The van der Waals surface area contributed by atoms with E-state index in [4.69, 9.17) is 4.74 Å². The molecule has 5 nitrogen and oxygen atoms in total. The Morgan fingerprint density at radius 2 is 1.96 bits per heavy atom. The van der Waals surface area contributed by atoms with Crippen LogP contribution in [0.4, 0.5) is 5.13 Å². The molecule has 0 bridgehead atoms. The third-order valence-electron chi connectivity index (χ3n) is 3.88. The van der Waals surface area contributed by atoms with E-state index in [9.17, 15) is 4.79 Å². The van der Waals surface area contributed by atoms with Crippen molar-refractivity contribution in [3.63, 3.8) is 0 Å². The molecule has 0 spiro atoms. The zero-order valence-electron chi connectivity index (χ0n) is 14.4. The third-order valence-corrected chi connectivity index (χ3v) is 5.04. The number of nitrogens with one attached hydrogen (secondary N) is 1. The van der Waals surface area contributed by atoms with Crippen molar-refractivity contribution in [2.75, 3.05) is 32.1 Å². The lowest BCUT2D eigenvalue weighted by Crippen LogP contribution is -2.36. The Kier molecular flexibility index (Phi) is 5.50. The number of hydrogen-bond acceptors (Lipinski definition) is 5. The maximum absolute atomic E-state index is 12.1. The van der Waals surface area contributed by atoms with Gasteiger partial charge in [-0.25, -0.2) is 4.98 Å². The highest BCUT2D eigenvalue weighted by molar-refractivity contribution is 7.22. The Labute approximate surface area is 151 Å². The van der Waals surface area contributed by atoms with Crippen LogP contribution in [0.2, 0.25) is 0 Å². The second kappa shape index (κ2) is 7.98. The average molecular weight is 355 g/mol. The summed E-state index contributed by atoms with van der Waals surface area (Å²) in [6, 6.07) is 15.9. The Hall–Kier alpha value is -2.60. The van der Waals surface area contributed by atoms with Crippen molar-refractivity contribution >= 4 is 32.6 Å². The number of nitrogens with zero attached hydrogens (tertiary/aromatic N) is 2. The van der Waals surface area contributed by atoms with Gasteiger partial charge in [-0.15, -0.1) is 0 Å². The number of hydrogen-bond donors (Lipinski definition) is 1. The molecule has 0 fully saturated rings. The fraction of sp³-hybridized carbons (Fsp3) is 0.263. The van der Waals surface area contributed by atoms with Gasteiger partial charge in [0.2, 0.25) is 5.91 Å². The van der Waals surface area contributed by atoms with Crippen LogP contribution in [0.3, 0.4) is 0 Å². The number of carbonyl (C=O) groups is 1. The molecule has 1 N–H and O–H groups in total. The quantitative estimate of drug-likeness (QED) is 0.708. The highest BCUT2D eigenvalue weighted by Crippen LogP contribution is 2.27. The van der Waals surface area contributed by atoms with Gasteiger partial charge < -0.3 is 15.0 Å². The van der Waals surface area contributed by atoms with Crippen molar-refractivity contribution in [2.24, 2.45) is 0 Å². The standard InChI is InChI=1S/C19H21N3O2S/c1-22(19-21-16-5-3-4-6-17(16)25-19)13-18(23)20-12-11-14-7-9-15(24-2)10-8-14/h3-10H,11-13H2,1-2H3,(H,20,23). The average Bonchev–Trinajstić information content (AvgIpc) is 3.06. The first-order valence-electron chi connectivity index (χ1n) is 8.12. The first kappa shape index (κ1) is 17.2. The minimum atomic E-state index is -0.00438. The van der Waals surface area contributed by atoms with Gasteiger partial charge in [0.05, 0.1) is 23.9 Å². The van der Waals surface area contributed by atoms with E-state index < -0.39 is 0 Å². The van der Waals surface area contributed by atoms with Gasteiger partial charge in [-0.05, 0) is 36.2 Å². The molecule has 25 heavy (non-hydrogen) atoms. The molecule has 1 heterocycles. The van der Waals surface area contributed by atoms with Crippen molar-refractivity contribution in [1.29, 1.82) is 0 Å². The normalized spacial score (nSPS) is 10.6. The highest BCUT2D eigenvalue weighted by atomic mass is 32.1. The van der Waals surface area contributed by atoms with Crippen LogP contribution >= 0.6 is 11.3 Å². The number of aromatic nitrogens is 1. The van der Waals surface area contributed by atoms with E-state index >= 15 is 0 Å². The number of rotatable bonds is 7. The van der Waals surface area contributed by atoms with E-state index in [0.29, 0.717) is 13.1 Å². The molecule has 0 unspecified atom stereocenters. The first-order valence-corrected chi connectivity index (χ1v) is 8.93. The first-order chi connectivity index (χ1) is 12.2. The van der Waals surface area contributed by atoms with Gasteiger partial charge in [0.1, 0.15) is 5.75 Å². The number of likely N-dealkylation sites (N-methyl/N-ethyl adjacent to an activating group) is 1. The highest BCUT2D eigenvalue weighted by Gasteiger charge is 2.11. The maximum Gasteiger partial charge on any atom is 0.239 e. The molecule has 3 rings (SSSR count).